The molecule has 0 bridgehead atoms. The first kappa shape index (κ1) is 38.2. The molecule has 1 atom stereocenters. The summed E-state index contributed by atoms with van der Waals surface area (Å²) in [5, 5.41) is 0. The van der Waals surface area contributed by atoms with Crippen molar-refractivity contribution in [2.75, 3.05) is 26.2 Å². The van der Waals surface area contributed by atoms with Gasteiger partial charge in [0.2, 0.25) is 0 Å². The molecule has 7 nitrogen and oxygen atoms in total. The van der Waals surface area contributed by atoms with Gasteiger partial charge in [-0.1, -0.05) is 109 Å². The molecular weight excluding hydrogens is 534 g/mol. The monoisotopic (exact) mass is 584 g/mol. The number of hydrogen-bond acceptors (Lipinski definition) is 7. The fourth-order valence-corrected chi connectivity index (χ4v) is 6.09. The summed E-state index contributed by atoms with van der Waals surface area (Å²) < 4.78 is 51.2. The average molecular weight is 585 g/mol. The summed E-state index contributed by atoms with van der Waals surface area (Å²) >= 11 is 0. The zero-order valence-corrected chi connectivity index (χ0v) is 28.0. The zero-order valence-electron chi connectivity index (χ0n) is 24.3. The Morgan fingerprint density at radius 1 is 0.763 bits per heavy atom. The van der Waals surface area contributed by atoms with E-state index in [0.717, 1.165) is 24.3 Å². The molecule has 0 saturated carbocycles. The van der Waals surface area contributed by atoms with E-state index in [-0.39, 0.29) is 41.1 Å². The SMILES string of the molecule is Cc1ccc(S(=O)(=O)OCP(=O)([O-])OCCCOCCCCCCCCCCCCCCC(C)C)cc1.[Na+]. The van der Waals surface area contributed by atoms with Crippen LogP contribution < -0.4 is 34.5 Å². The molecule has 0 aliphatic rings. The standard InChI is InChI=1S/C28H51O7PS.Na/c1-26(2)17-14-12-10-8-6-4-5-7-9-11-13-15-22-33-23-16-24-34-36(29,30)25-35-37(31,32)28-20-18-27(3)19-21-28;/h18-21,26H,4-17,22-25H2,1-3H3,(H,29,30);/q;+1/p-1. The van der Waals surface area contributed by atoms with Crippen LogP contribution in [0.15, 0.2) is 29.2 Å². The van der Waals surface area contributed by atoms with E-state index in [4.69, 9.17) is 9.26 Å². The molecular formula is C28H50NaO7PS. The Morgan fingerprint density at radius 2 is 1.24 bits per heavy atom. The number of unbranched alkanes of at least 4 members (excludes halogenated alkanes) is 11. The maximum atomic E-state index is 12.1. The molecule has 0 aliphatic carbocycles. The largest absolute Gasteiger partial charge is 1.00 e. The topological polar surface area (TPSA) is 102 Å². The predicted molar refractivity (Wildman–Crippen MR) is 148 cm³/mol. The van der Waals surface area contributed by atoms with Crippen molar-refractivity contribution in [2.24, 2.45) is 5.92 Å². The van der Waals surface area contributed by atoms with E-state index in [1.54, 1.807) is 12.1 Å². The van der Waals surface area contributed by atoms with Gasteiger partial charge in [-0.2, -0.15) is 8.42 Å². The summed E-state index contributed by atoms with van der Waals surface area (Å²) in [6.45, 7) is 7.42. The van der Waals surface area contributed by atoms with E-state index in [0.29, 0.717) is 19.6 Å². The average Bonchev–Trinajstić information content (AvgIpc) is 2.84. The molecule has 1 rings (SSSR count). The quantitative estimate of drug-likeness (QED) is 0.0770. The molecule has 38 heavy (non-hydrogen) atoms. The molecule has 0 heterocycles. The molecule has 0 spiro atoms. The molecule has 0 radical (unpaired) electrons. The van der Waals surface area contributed by atoms with E-state index in [1.807, 2.05) is 6.92 Å². The normalized spacial score (nSPS) is 13.4. The molecule has 0 fully saturated rings. The van der Waals surface area contributed by atoms with E-state index < -0.39 is 24.1 Å². The first-order valence-corrected chi connectivity index (χ1v) is 17.2. The molecule has 0 aromatic heterocycles. The van der Waals surface area contributed by atoms with Crippen molar-refractivity contribution in [3.05, 3.63) is 29.8 Å². The van der Waals surface area contributed by atoms with Gasteiger partial charge in [-0.25, -0.2) is 0 Å². The number of rotatable bonds is 24. The summed E-state index contributed by atoms with van der Waals surface area (Å²) in [5.41, 5.74) is 0.887. The number of aryl methyl sites for hydroxylation is 1. The molecule has 10 heteroatoms. The Balaban J connectivity index is 0.0000137. The van der Waals surface area contributed by atoms with Gasteiger partial charge in [0, 0.05) is 13.2 Å². The summed E-state index contributed by atoms with van der Waals surface area (Å²) in [5.74, 6) is 0.838. The Morgan fingerprint density at radius 3 is 1.76 bits per heavy atom. The van der Waals surface area contributed by atoms with Crippen molar-refractivity contribution in [2.45, 2.75) is 116 Å². The van der Waals surface area contributed by atoms with Gasteiger partial charge in [0.1, 0.15) is 6.35 Å². The van der Waals surface area contributed by atoms with Crippen LogP contribution >= 0.6 is 7.60 Å². The third kappa shape index (κ3) is 21.0. The number of hydrogen-bond donors (Lipinski definition) is 0. The second-order valence-electron chi connectivity index (χ2n) is 10.3. The first-order valence-electron chi connectivity index (χ1n) is 14.1. The third-order valence-electron chi connectivity index (χ3n) is 6.22. The molecule has 0 aliphatic heterocycles. The summed E-state index contributed by atoms with van der Waals surface area (Å²) in [4.78, 5) is 11.8. The maximum absolute atomic E-state index is 12.1. The minimum Gasteiger partial charge on any atom is -0.777 e. The van der Waals surface area contributed by atoms with Gasteiger partial charge in [-0.3, -0.25) is 4.18 Å². The van der Waals surface area contributed by atoms with Crippen LogP contribution in [0.5, 0.6) is 0 Å². The molecule has 0 N–H and O–H groups in total. The minimum atomic E-state index is -4.42. The van der Waals surface area contributed by atoms with E-state index in [1.165, 1.54) is 82.8 Å². The van der Waals surface area contributed by atoms with Gasteiger partial charge in [-0.05, 0) is 37.8 Å². The predicted octanol–water partition coefficient (Wildman–Crippen LogP) is 4.37. The molecule has 1 aromatic rings. The fraction of sp³-hybridized carbons (Fsp3) is 0.786. The Hall–Kier alpha value is 0.240. The number of ether oxygens (including phenoxy) is 1. The van der Waals surface area contributed by atoms with Crippen LogP contribution in [0.3, 0.4) is 0 Å². The minimum absolute atomic E-state index is 0. The number of benzene rings is 1. The van der Waals surface area contributed by atoms with Crippen LogP contribution in [0.25, 0.3) is 0 Å². The van der Waals surface area contributed by atoms with Gasteiger partial charge in [0.05, 0.1) is 11.5 Å². The van der Waals surface area contributed by atoms with Gasteiger partial charge in [0.25, 0.3) is 10.1 Å². The van der Waals surface area contributed by atoms with Gasteiger partial charge in [0.15, 0.2) is 7.60 Å². The van der Waals surface area contributed by atoms with Crippen molar-refractivity contribution in [1.82, 2.24) is 0 Å². The van der Waals surface area contributed by atoms with Crippen LogP contribution in [0, 0.1) is 12.8 Å². The Bertz CT molecular complexity index is 847. The van der Waals surface area contributed by atoms with E-state index >= 15 is 0 Å². The summed E-state index contributed by atoms with van der Waals surface area (Å²) in [6, 6.07) is 5.97. The molecule has 0 saturated heterocycles. The van der Waals surface area contributed by atoms with Crippen molar-refractivity contribution in [3.8, 4) is 0 Å². The van der Waals surface area contributed by atoms with Crippen molar-refractivity contribution in [3.63, 3.8) is 0 Å². The summed E-state index contributed by atoms with van der Waals surface area (Å²) in [6.07, 6.45) is 16.4. The molecule has 1 aromatic carbocycles. The zero-order chi connectivity index (χ0) is 27.4. The Labute approximate surface area is 254 Å². The second kappa shape index (κ2) is 22.9. The van der Waals surface area contributed by atoms with Crippen molar-refractivity contribution in [1.29, 1.82) is 0 Å². The van der Waals surface area contributed by atoms with Crippen LogP contribution in [-0.4, -0.2) is 34.6 Å². The molecule has 1 unspecified atom stereocenters. The molecule has 216 valence electrons. The van der Waals surface area contributed by atoms with Crippen molar-refractivity contribution < 1.29 is 60.9 Å². The maximum Gasteiger partial charge on any atom is 1.00 e. The second-order valence-corrected chi connectivity index (χ2v) is 13.7. The molecule has 0 amide bonds. The Kier molecular flexibility index (Phi) is 23.0. The third-order valence-corrected chi connectivity index (χ3v) is 8.69. The van der Waals surface area contributed by atoms with Crippen LogP contribution in [0.1, 0.15) is 109 Å². The summed E-state index contributed by atoms with van der Waals surface area (Å²) in [7, 11) is -8.57. The van der Waals surface area contributed by atoms with E-state index in [2.05, 4.69) is 18.0 Å². The van der Waals surface area contributed by atoms with E-state index in [9.17, 15) is 17.9 Å². The first-order chi connectivity index (χ1) is 17.6. The smallest absolute Gasteiger partial charge is 0.777 e. The van der Waals surface area contributed by atoms with Gasteiger partial charge in [-0.15, -0.1) is 0 Å². The van der Waals surface area contributed by atoms with Gasteiger partial charge < -0.3 is 18.7 Å². The van der Waals surface area contributed by atoms with Crippen LogP contribution in [0.4, 0.5) is 0 Å². The van der Waals surface area contributed by atoms with Crippen molar-refractivity contribution >= 4 is 17.7 Å². The fourth-order valence-electron chi connectivity index (χ4n) is 3.94. The van der Waals surface area contributed by atoms with Crippen LogP contribution in [-0.2, 0) is 28.1 Å². The van der Waals surface area contributed by atoms with Crippen LogP contribution in [0.2, 0.25) is 0 Å². The van der Waals surface area contributed by atoms with Gasteiger partial charge >= 0.3 is 29.6 Å².